The molecule has 7 heteroatoms. The molecule has 0 bridgehead atoms. The molecule has 1 atom stereocenters. The summed E-state index contributed by atoms with van der Waals surface area (Å²) in [6, 6.07) is 6.59. The van der Waals surface area contributed by atoms with Crippen LogP contribution in [0.2, 0.25) is 0 Å². The maximum absolute atomic E-state index is 11.0. The number of para-hydroxylation sites is 1. The van der Waals surface area contributed by atoms with Crippen molar-refractivity contribution < 1.29 is 9.90 Å². The van der Waals surface area contributed by atoms with Crippen molar-refractivity contribution in [1.29, 1.82) is 0 Å². The predicted molar refractivity (Wildman–Crippen MR) is 95.8 cm³/mol. The Kier molecular flexibility index (Phi) is 6.73. The fourth-order valence-corrected chi connectivity index (χ4v) is 2.15. The predicted octanol–water partition coefficient (Wildman–Crippen LogP) is 0.796. The largest absolute Gasteiger partial charge is 0.507 e. The molecule has 1 unspecified atom stereocenters. The summed E-state index contributed by atoms with van der Waals surface area (Å²) >= 11 is 0. The Bertz CT molecular complexity index is 675. The third-order valence-corrected chi connectivity index (χ3v) is 3.13. The SMILES string of the molecule is C=C(CC(C)NC(/C=C(\N)c1ccccc1O)=C(N)N)NC(C)=O. The van der Waals surface area contributed by atoms with Gasteiger partial charge in [-0.15, -0.1) is 0 Å². The van der Waals surface area contributed by atoms with Gasteiger partial charge in [-0.2, -0.15) is 0 Å². The normalized spacial score (nSPS) is 12.2. The van der Waals surface area contributed by atoms with E-state index in [-0.39, 0.29) is 23.5 Å². The van der Waals surface area contributed by atoms with Gasteiger partial charge in [-0.25, -0.2) is 0 Å². The lowest BCUT2D eigenvalue weighted by atomic mass is 10.1. The summed E-state index contributed by atoms with van der Waals surface area (Å²) in [7, 11) is 0. The van der Waals surface area contributed by atoms with Gasteiger partial charge in [0.2, 0.25) is 5.91 Å². The van der Waals surface area contributed by atoms with E-state index in [0.29, 0.717) is 29.1 Å². The van der Waals surface area contributed by atoms with Crippen LogP contribution in [0.1, 0.15) is 25.8 Å². The summed E-state index contributed by atoms with van der Waals surface area (Å²) in [6.07, 6.45) is 2.04. The summed E-state index contributed by atoms with van der Waals surface area (Å²) in [6.45, 7) is 7.09. The minimum atomic E-state index is -0.176. The summed E-state index contributed by atoms with van der Waals surface area (Å²) in [5, 5.41) is 15.6. The molecule has 1 rings (SSSR count). The molecule has 1 aromatic rings. The summed E-state index contributed by atoms with van der Waals surface area (Å²) < 4.78 is 0. The van der Waals surface area contributed by atoms with Gasteiger partial charge in [0.15, 0.2) is 0 Å². The van der Waals surface area contributed by atoms with Crippen molar-refractivity contribution >= 4 is 11.6 Å². The molecule has 24 heavy (non-hydrogen) atoms. The minimum Gasteiger partial charge on any atom is -0.507 e. The van der Waals surface area contributed by atoms with Crippen molar-refractivity contribution in [2.45, 2.75) is 26.3 Å². The Morgan fingerprint density at radius 3 is 2.50 bits per heavy atom. The second kappa shape index (κ2) is 8.52. The number of amides is 1. The smallest absolute Gasteiger partial charge is 0.220 e. The Morgan fingerprint density at radius 1 is 1.33 bits per heavy atom. The standard InChI is InChI=1S/C17H25N5O2/c1-10(21-12(3)23)8-11(2)22-15(17(19)20)9-14(18)13-6-4-5-7-16(13)24/h4-7,9,11,22,24H,1,8,18-20H2,2-3H3,(H,21,23)/b14-9-. The third-order valence-electron chi connectivity index (χ3n) is 3.13. The molecule has 0 saturated carbocycles. The first kappa shape index (κ1) is 19.0. The first-order valence-corrected chi connectivity index (χ1v) is 7.43. The van der Waals surface area contributed by atoms with E-state index < -0.39 is 0 Å². The minimum absolute atomic E-state index is 0.0605. The number of nitrogens with one attached hydrogen (secondary N) is 2. The molecular formula is C17H25N5O2. The fraction of sp³-hybridized carbons (Fsp3) is 0.235. The topological polar surface area (TPSA) is 139 Å². The van der Waals surface area contributed by atoms with Gasteiger partial charge >= 0.3 is 0 Å². The molecule has 0 aliphatic heterocycles. The zero-order valence-corrected chi connectivity index (χ0v) is 14.0. The molecule has 0 saturated heterocycles. The number of hydrogen-bond donors (Lipinski definition) is 6. The zero-order valence-electron chi connectivity index (χ0n) is 14.0. The van der Waals surface area contributed by atoms with Crippen molar-refractivity contribution in [3.8, 4) is 5.75 Å². The summed E-state index contributed by atoms with van der Waals surface area (Å²) in [4.78, 5) is 11.0. The molecule has 0 heterocycles. The highest BCUT2D eigenvalue weighted by Crippen LogP contribution is 2.22. The molecule has 0 spiro atoms. The molecule has 0 radical (unpaired) electrons. The van der Waals surface area contributed by atoms with Gasteiger partial charge < -0.3 is 32.9 Å². The van der Waals surface area contributed by atoms with Crippen LogP contribution in [0.3, 0.4) is 0 Å². The van der Waals surface area contributed by atoms with Gasteiger partial charge in [-0.1, -0.05) is 18.7 Å². The van der Waals surface area contributed by atoms with E-state index in [0.717, 1.165) is 0 Å². The number of carbonyl (C=O) groups is 1. The number of phenolic OH excluding ortho intramolecular Hbond substituents is 1. The van der Waals surface area contributed by atoms with Gasteiger partial charge in [0.05, 0.1) is 5.70 Å². The van der Waals surface area contributed by atoms with Crippen LogP contribution < -0.4 is 27.8 Å². The average molecular weight is 331 g/mol. The molecule has 0 aromatic heterocycles. The molecule has 1 amide bonds. The number of allylic oxidation sites excluding steroid dienone is 1. The van der Waals surface area contributed by atoms with Crippen LogP contribution in [0.5, 0.6) is 5.75 Å². The van der Waals surface area contributed by atoms with Crippen LogP contribution in [0.15, 0.2) is 54.1 Å². The summed E-state index contributed by atoms with van der Waals surface area (Å²) in [5.74, 6) is -0.0522. The summed E-state index contributed by atoms with van der Waals surface area (Å²) in [5.41, 5.74) is 19.2. The molecule has 0 aliphatic carbocycles. The number of phenols is 1. The number of hydrogen-bond acceptors (Lipinski definition) is 6. The lowest BCUT2D eigenvalue weighted by Crippen LogP contribution is -2.32. The van der Waals surface area contributed by atoms with Crippen molar-refractivity contribution in [3.63, 3.8) is 0 Å². The average Bonchev–Trinajstić information content (AvgIpc) is 2.45. The molecular weight excluding hydrogens is 306 g/mol. The van der Waals surface area contributed by atoms with Gasteiger partial charge in [-0.3, -0.25) is 4.79 Å². The molecule has 7 nitrogen and oxygen atoms in total. The number of benzene rings is 1. The second-order valence-electron chi connectivity index (χ2n) is 5.52. The van der Waals surface area contributed by atoms with Crippen LogP contribution in [-0.2, 0) is 4.79 Å². The van der Waals surface area contributed by atoms with Crippen LogP contribution in [0, 0.1) is 0 Å². The van der Waals surface area contributed by atoms with Gasteiger partial charge in [0.25, 0.3) is 0 Å². The molecule has 0 fully saturated rings. The molecule has 130 valence electrons. The maximum Gasteiger partial charge on any atom is 0.220 e. The molecule has 1 aromatic carbocycles. The van der Waals surface area contributed by atoms with E-state index in [1.165, 1.54) is 6.92 Å². The molecule has 0 aliphatic rings. The van der Waals surface area contributed by atoms with Crippen molar-refractivity contribution in [1.82, 2.24) is 10.6 Å². The zero-order chi connectivity index (χ0) is 18.3. The first-order chi connectivity index (χ1) is 11.2. The number of rotatable bonds is 7. The van der Waals surface area contributed by atoms with E-state index in [9.17, 15) is 9.90 Å². The Hall–Kier alpha value is -3.09. The van der Waals surface area contributed by atoms with Gasteiger partial charge in [0.1, 0.15) is 11.6 Å². The highest BCUT2D eigenvalue weighted by atomic mass is 16.3. The number of nitrogens with two attached hydrogens (primary N) is 3. The lowest BCUT2D eigenvalue weighted by molar-refractivity contribution is -0.118. The number of carbonyl (C=O) groups excluding carboxylic acids is 1. The second-order valence-corrected chi connectivity index (χ2v) is 5.52. The van der Waals surface area contributed by atoms with Gasteiger partial charge in [-0.05, 0) is 25.1 Å². The van der Waals surface area contributed by atoms with E-state index in [2.05, 4.69) is 17.2 Å². The van der Waals surface area contributed by atoms with Crippen molar-refractivity contribution in [3.05, 3.63) is 59.7 Å². The van der Waals surface area contributed by atoms with E-state index >= 15 is 0 Å². The lowest BCUT2D eigenvalue weighted by Gasteiger charge is -2.19. The maximum atomic E-state index is 11.0. The highest BCUT2D eigenvalue weighted by molar-refractivity contribution is 5.74. The third kappa shape index (κ3) is 5.96. The van der Waals surface area contributed by atoms with Crippen LogP contribution in [0.25, 0.3) is 5.70 Å². The van der Waals surface area contributed by atoms with Crippen molar-refractivity contribution in [2.24, 2.45) is 17.2 Å². The fourth-order valence-electron chi connectivity index (χ4n) is 2.15. The van der Waals surface area contributed by atoms with Crippen molar-refractivity contribution in [2.75, 3.05) is 0 Å². The Morgan fingerprint density at radius 2 is 1.96 bits per heavy atom. The van der Waals surface area contributed by atoms with E-state index in [4.69, 9.17) is 17.2 Å². The Labute approximate surface area is 141 Å². The monoisotopic (exact) mass is 331 g/mol. The quantitative estimate of drug-likeness (QED) is 0.408. The van der Waals surface area contributed by atoms with Gasteiger partial charge in [0, 0.05) is 36.3 Å². The Balaban J connectivity index is 2.87. The first-order valence-electron chi connectivity index (χ1n) is 7.43. The van der Waals surface area contributed by atoms with E-state index in [1.807, 2.05) is 6.92 Å². The number of aromatic hydroxyl groups is 1. The van der Waals surface area contributed by atoms with Crippen LogP contribution in [0.4, 0.5) is 0 Å². The molecule has 9 N–H and O–H groups in total. The highest BCUT2D eigenvalue weighted by Gasteiger charge is 2.10. The van der Waals surface area contributed by atoms with E-state index in [1.54, 1.807) is 30.3 Å². The van der Waals surface area contributed by atoms with Crippen LogP contribution in [-0.4, -0.2) is 17.1 Å². The van der Waals surface area contributed by atoms with Crippen LogP contribution >= 0.6 is 0 Å².